The Bertz CT molecular complexity index is 253. The Morgan fingerprint density at radius 2 is 1.61 bits per heavy atom. The van der Waals surface area contributed by atoms with Gasteiger partial charge in [0, 0.05) is 6.04 Å². The van der Waals surface area contributed by atoms with Gasteiger partial charge in [-0.25, -0.2) is 0 Å². The summed E-state index contributed by atoms with van der Waals surface area (Å²) < 4.78 is 0. The zero-order valence-corrected chi connectivity index (χ0v) is 12.5. The maximum absolute atomic E-state index is 5.91. The van der Waals surface area contributed by atoms with Crippen molar-refractivity contribution in [3.63, 3.8) is 0 Å². The number of rotatable bonds is 3. The summed E-state index contributed by atoms with van der Waals surface area (Å²) in [6.45, 7) is 7.24. The highest BCUT2D eigenvalue weighted by Gasteiger charge is 2.35. The van der Waals surface area contributed by atoms with Gasteiger partial charge in [0.2, 0.25) is 0 Å². The number of hydrogen-bond acceptors (Lipinski definition) is 2. The molecule has 0 spiro atoms. The molecular weight excluding hydrogens is 220 g/mol. The van der Waals surface area contributed by atoms with Crippen LogP contribution in [0, 0.1) is 29.6 Å². The third-order valence-corrected chi connectivity index (χ3v) is 5.82. The average Bonchev–Trinajstić information content (AvgIpc) is 2.35. The molecule has 2 nitrogen and oxygen atoms in total. The van der Waals surface area contributed by atoms with E-state index < -0.39 is 0 Å². The molecule has 0 radical (unpaired) electrons. The summed E-state index contributed by atoms with van der Waals surface area (Å²) in [5, 5.41) is 0. The van der Waals surface area contributed by atoms with Crippen LogP contribution in [0.4, 0.5) is 0 Å². The number of hydrazine groups is 1. The second-order valence-corrected chi connectivity index (χ2v) is 7.25. The smallest absolute Gasteiger partial charge is 0.0267 e. The molecule has 2 rings (SSSR count). The van der Waals surface area contributed by atoms with Crippen molar-refractivity contribution in [2.45, 2.75) is 71.8 Å². The Kier molecular flexibility index (Phi) is 5.08. The predicted molar refractivity (Wildman–Crippen MR) is 77.9 cm³/mol. The Balaban J connectivity index is 1.95. The van der Waals surface area contributed by atoms with Gasteiger partial charge in [0.15, 0.2) is 0 Å². The zero-order chi connectivity index (χ0) is 13.1. The molecule has 0 aromatic carbocycles. The lowest BCUT2D eigenvalue weighted by Crippen LogP contribution is -2.49. The largest absolute Gasteiger partial charge is 0.271 e. The summed E-state index contributed by atoms with van der Waals surface area (Å²) in [7, 11) is 0. The molecule has 0 bridgehead atoms. The van der Waals surface area contributed by atoms with Crippen molar-refractivity contribution in [1.29, 1.82) is 0 Å². The minimum Gasteiger partial charge on any atom is -0.271 e. The lowest BCUT2D eigenvalue weighted by Gasteiger charge is -2.42. The molecule has 2 aliphatic carbocycles. The predicted octanol–water partition coefficient (Wildman–Crippen LogP) is 3.72. The summed E-state index contributed by atoms with van der Waals surface area (Å²) >= 11 is 0. The second-order valence-electron chi connectivity index (χ2n) is 7.25. The molecule has 3 N–H and O–H groups in total. The molecule has 0 saturated heterocycles. The van der Waals surface area contributed by atoms with Crippen LogP contribution >= 0.6 is 0 Å². The quantitative estimate of drug-likeness (QED) is 0.593. The van der Waals surface area contributed by atoms with Crippen LogP contribution in [0.1, 0.15) is 65.7 Å². The molecule has 2 aliphatic rings. The number of nitrogens with one attached hydrogen (secondary N) is 1. The normalized spacial score (nSPS) is 43.7. The molecule has 0 aromatic heterocycles. The highest BCUT2D eigenvalue weighted by molar-refractivity contribution is 4.89. The molecule has 0 heterocycles. The SMILES string of the molecule is CC1CCCC(C(NN)C2CCC(C)C(C)C2)C1. The summed E-state index contributed by atoms with van der Waals surface area (Å²) in [6.07, 6.45) is 9.75. The fourth-order valence-electron chi connectivity index (χ4n) is 4.38. The van der Waals surface area contributed by atoms with E-state index in [2.05, 4.69) is 26.2 Å². The lowest BCUT2D eigenvalue weighted by molar-refractivity contribution is 0.113. The summed E-state index contributed by atoms with van der Waals surface area (Å²) in [5.74, 6) is 10.2. The van der Waals surface area contributed by atoms with E-state index in [1.165, 1.54) is 44.9 Å². The van der Waals surface area contributed by atoms with Crippen LogP contribution in [0.3, 0.4) is 0 Å². The van der Waals surface area contributed by atoms with Gasteiger partial charge >= 0.3 is 0 Å². The van der Waals surface area contributed by atoms with Gasteiger partial charge in [-0.1, -0.05) is 40.0 Å². The average molecular weight is 252 g/mol. The first kappa shape index (κ1) is 14.3. The third kappa shape index (κ3) is 3.27. The standard InChI is InChI=1S/C16H32N2/c1-11-5-4-6-14(9-11)16(18-17)15-8-7-12(2)13(3)10-15/h11-16,18H,4-10,17H2,1-3H3. The fraction of sp³-hybridized carbons (Fsp3) is 1.00. The summed E-state index contributed by atoms with van der Waals surface area (Å²) in [4.78, 5) is 0. The Morgan fingerprint density at radius 3 is 2.22 bits per heavy atom. The Hall–Kier alpha value is -0.0800. The van der Waals surface area contributed by atoms with Crippen molar-refractivity contribution in [2.24, 2.45) is 35.4 Å². The molecule has 106 valence electrons. The first-order chi connectivity index (χ1) is 8.61. The van der Waals surface area contributed by atoms with Crippen LogP contribution in [-0.4, -0.2) is 6.04 Å². The van der Waals surface area contributed by atoms with Crippen LogP contribution in [0.25, 0.3) is 0 Å². The van der Waals surface area contributed by atoms with Crippen molar-refractivity contribution >= 4 is 0 Å². The molecule has 0 aliphatic heterocycles. The van der Waals surface area contributed by atoms with Gasteiger partial charge in [0.05, 0.1) is 0 Å². The molecular formula is C16H32N2. The topological polar surface area (TPSA) is 38.0 Å². The first-order valence-corrected chi connectivity index (χ1v) is 8.08. The van der Waals surface area contributed by atoms with Crippen molar-refractivity contribution in [2.75, 3.05) is 0 Å². The molecule has 2 fully saturated rings. The van der Waals surface area contributed by atoms with E-state index in [-0.39, 0.29) is 0 Å². The van der Waals surface area contributed by atoms with E-state index in [1.807, 2.05) is 0 Å². The van der Waals surface area contributed by atoms with Crippen LogP contribution in [0.5, 0.6) is 0 Å². The van der Waals surface area contributed by atoms with Gasteiger partial charge in [-0.15, -0.1) is 0 Å². The van der Waals surface area contributed by atoms with Crippen molar-refractivity contribution in [1.82, 2.24) is 5.43 Å². The molecule has 2 heteroatoms. The Labute approximate surface area is 113 Å². The summed E-state index contributed by atoms with van der Waals surface area (Å²) in [6, 6.07) is 0.572. The molecule has 2 saturated carbocycles. The zero-order valence-electron chi connectivity index (χ0n) is 12.5. The molecule has 18 heavy (non-hydrogen) atoms. The minimum atomic E-state index is 0.572. The number of hydrogen-bond donors (Lipinski definition) is 2. The third-order valence-electron chi connectivity index (χ3n) is 5.82. The van der Waals surface area contributed by atoms with Crippen molar-refractivity contribution < 1.29 is 0 Å². The van der Waals surface area contributed by atoms with E-state index in [0.717, 1.165) is 29.6 Å². The van der Waals surface area contributed by atoms with Crippen molar-refractivity contribution in [3.05, 3.63) is 0 Å². The molecule has 0 aromatic rings. The van der Waals surface area contributed by atoms with Gasteiger partial charge in [0.25, 0.3) is 0 Å². The molecule has 6 unspecified atom stereocenters. The number of nitrogens with two attached hydrogens (primary N) is 1. The fourth-order valence-corrected chi connectivity index (χ4v) is 4.38. The molecule has 6 atom stereocenters. The first-order valence-electron chi connectivity index (χ1n) is 8.08. The van der Waals surface area contributed by atoms with E-state index >= 15 is 0 Å². The monoisotopic (exact) mass is 252 g/mol. The summed E-state index contributed by atoms with van der Waals surface area (Å²) in [5.41, 5.74) is 3.20. The van der Waals surface area contributed by atoms with Gasteiger partial charge < -0.3 is 0 Å². The minimum absolute atomic E-state index is 0.572. The Morgan fingerprint density at radius 1 is 0.889 bits per heavy atom. The lowest BCUT2D eigenvalue weighted by atomic mass is 9.68. The van der Waals surface area contributed by atoms with Crippen LogP contribution < -0.4 is 11.3 Å². The van der Waals surface area contributed by atoms with E-state index in [0.29, 0.717) is 6.04 Å². The highest BCUT2D eigenvalue weighted by atomic mass is 15.2. The maximum Gasteiger partial charge on any atom is 0.0267 e. The van der Waals surface area contributed by atoms with Gasteiger partial charge in [0.1, 0.15) is 0 Å². The van der Waals surface area contributed by atoms with E-state index in [1.54, 1.807) is 0 Å². The van der Waals surface area contributed by atoms with Crippen LogP contribution in [0.2, 0.25) is 0 Å². The highest BCUT2D eigenvalue weighted by Crippen LogP contribution is 2.40. The molecule has 0 amide bonds. The van der Waals surface area contributed by atoms with Gasteiger partial charge in [-0.3, -0.25) is 11.3 Å². The van der Waals surface area contributed by atoms with Crippen LogP contribution in [-0.2, 0) is 0 Å². The second kappa shape index (κ2) is 6.38. The van der Waals surface area contributed by atoms with Gasteiger partial charge in [-0.05, 0) is 55.3 Å². The van der Waals surface area contributed by atoms with E-state index in [9.17, 15) is 0 Å². The van der Waals surface area contributed by atoms with Crippen LogP contribution in [0.15, 0.2) is 0 Å². The van der Waals surface area contributed by atoms with E-state index in [4.69, 9.17) is 5.84 Å². The maximum atomic E-state index is 5.91. The van der Waals surface area contributed by atoms with Gasteiger partial charge in [-0.2, -0.15) is 0 Å². The van der Waals surface area contributed by atoms with Crippen molar-refractivity contribution in [3.8, 4) is 0 Å².